The molecule has 1 heterocycles. The van der Waals surface area contributed by atoms with Gasteiger partial charge in [0.1, 0.15) is 0 Å². The Morgan fingerprint density at radius 3 is 2.61 bits per heavy atom. The maximum absolute atomic E-state index is 6.36. The first kappa shape index (κ1) is 11.4. The number of hydrogen-bond acceptors (Lipinski definition) is 3. The van der Waals surface area contributed by atoms with Gasteiger partial charge in [0.2, 0.25) is 0 Å². The molecule has 0 saturated heterocycles. The second-order valence-corrected chi connectivity index (χ2v) is 5.73. The van der Waals surface area contributed by atoms with Gasteiger partial charge in [-0.15, -0.1) is 5.10 Å². The van der Waals surface area contributed by atoms with Gasteiger partial charge in [0.05, 0.1) is 23.6 Å². The molecule has 94 valence electrons. The van der Waals surface area contributed by atoms with E-state index in [1.807, 2.05) is 35.0 Å². The third kappa shape index (κ3) is 1.82. The fraction of sp³-hybridized carbons (Fsp3) is 0.429. The van der Waals surface area contributed by atoms with Crippen molar-refractivity contribution in [1.29, 1.82) is 0 Å². The van der Waals surface area contributed by atoms with Gasteiger partial charge in [-0.3, -0.25) is 0 Å². The highest BCUT2D eigenvalue weighted by Crippen LogP contribution is 2.56. The van der Waals surface area contributed by atoms with Gasteiger partial charge in [0.25, 0.3) is 0 Å². The average Bonchev–Trinajstić information content (AvgIpc) is 2.80. The quantitative estimate of drug-likeness (QED) is 0.898. The monoisotopic (exact) mass is 242 g/mol. The lowest BCUT2D eigenvalue weighted by atomic mass is 10.0. The Bertz CT molecular complexity index is 544. The molecule has 1 fully saturated rings. The third-order valence-electron chi connectivity index (χ3n) is 3.94. The number of para-hydroxylation sites is 1. The van der Waals surface area contributed by atoms with Crippen LogP contribution in [0.15, 0.2) is 36.5 Å². The summed E-state index contributed by atoms with van der Waals surface area (Å²) in [4.78, 5) is 0. The van der Waals surface area contributed by atoms with Crippen LogP contribution in [0.5, 0.6) is 0 Å². The first-order chi connectivity index (χ1) is 8.59. The fourth-order valence-electron chi connectivity index (χ4n) is 2.57. The van der Waals surface area contributed by atoms with E-state index >= 15 is 0 Å². The van der Waals surface area contributed by atoms with Gasteiger partial charge in [-0.25, -0.2) is 4.68 Å². The Hall–Kier alpha value is -1.68. The van der Waals surface area contributed by atoms with Crippen molar-refractivity contribution in [2.75, 3.05) is 0 Å². The normalized spacial score (nSPS) is 22.7. The Morgan fingerprint density at radius 2 is 2.00 bits per heavy atom. The van der Waals surface area contributed by atoms with Gasteiger partial charge in [-0.1, -0.05) is 37.3 Å². The number of nitrogens with two attached hydrogens (primary N) is 1. The summed E-state index contributed by atoms with van der Waals surface area (Å²) in [5.41, 5.74) is 8.72. The van der Waals surface area contributed by atoms with Crippen LogP contribution in [0.1, 0.15) is 32.0 Å². The van der Waals surface area contributed by atoms with Crippen LogP contribution in [0.3, 0.4) is 0 Å². The van der Waals surface area contributed by atoms with Crippen LogP contribution in [0.4, 0.5) is 0 Å². The van der Waals surface area contributed by atoms with Crippen LogP contribution in [0.25, 0.3) is 5.69 Å². The molecule has 2 N–H and O–H groups in total. The van der Waals surface area contributed by atoms with Gasteiger partial charge in [-0.05, 0) is 29.9 Å². The molecule has 3 rings (SSSR count). The topological polar surface area (TPSA) is 56.7 Å². The summed E-state index contributed by atoms with van der Waals surface area (Å²) in [7, 11) is 0. The predicted molar refractivity (Wildman–Crippen MR) is 70.2 cm³/mol. The van der Waals surface area contributed by atoms with Crippen LogP contribution in [-0.4, -0.2) is 15.0 Å². The molecule has 0 radical (unpaired) electrons. The molecule has 18 heavy (non-hydrogen) atoms. The summed E-state index contributed by atoms with van der Waals surface area (Å²) in [5, 5.41) is 8.16. The zero-order valence-corrected chi connectivity index (χ0v) is 10.7. The van der Waals surface area contributed by atoms with Crippen molar-refractivity contribution in [3.8, 4) is 5.69 Å². The van der Waals surface area contributed by atoms with Crippen molar-refractivity contribution in [1.82, 2.24) is 15.0 Å². The second kappa shape index (κ2) is 3.92. The van der Waals surface area contributed by atoms with E-state index in [-0.39, 0.29) is 6.04 Å². The molecule has 1 aromatic heterocycles. The lowest BCUT2D eigenvalue weighted by Gasteiger charge is -2.14. The summed E-state index contributed by atoms with van der Waals surface area (Å²) in [5.74, 6) is 0.526. The minimum absolute atomic E-state index is 0.00945. The van der Waals surface area contributed by atoms with E-state index in [1.54, 1.807) is 6.20 Å². The maximum Gasteiger partial charge on any atom is 0.0816 e. The SMILES string of the molecule is CC1(C)CC1C(N)c1cnnn1-c1ccccc1. The molecular weight excluding hydrogens is 224 g/mol. The van der Waals surface area contributed by atoms with E-state index in [0.29, 0.717) is 11.3 Å². The summed E-state index contributed by atoms with van der Waals surface area (Å²) in [6, 6.07) is 10.0. The van der Waals surface area contributed by atoms with E-state index in [1.165, 1.54) is 6.42 Å². The van der Waals surface area contributed by atoms with E-state index in [4.69, 9.17) is 5.73 Å². The van der Waals surface area contributed by atoms with Gasteiger partial charge < -0.3 is 5.73 Å². The Balaban J connectivity index is 1.93. The first-order valence-electron chi connectivity index (χ1n) is 6.31. The van der Waals surface area contributed by atoms with Crippen molar-refractivity contribution in [3.63, 3.8) is 0 Å². The van der Waals surface area contributed by atoms with Gasteiger partial charge in [-0.2, -0.15) is 0 Å². The van der Waals surface area contributed by atoms with E-state index < -0.39 is 0 Å². The molecule has 1 aliphatic carbocycles. The number of rotatable bonds is 3. The average molecular weight is 242 g/mol. The van der Waals surface area contributed by atoms with Crippen LogP contribution >= 0.6 is 0 Å². The number of nitrogens with zero attached hydrogens (tertiary/aromatic N) is 3. The minimum Gasteiger partial charge on any atom is -0.322 e. The molecule has 1 aliphatic rings. The van der Waals surface area contributed by atoms with Gasteiger partial charge in [0, 0.05) is 0 Å². The molecule has 0 spiro atoms. The fourth-order valence-corrected chi connectivity index (χ4v) is 2.57. The van der Waals surface area contributed by atoms with Crippen LogP contribution in [0.2, 0.25) is 0 Å². The lowest BCUT2D eigenvalue weighted by molar-refractivity contribution is 0.476. The highest BCUT2D eigenvalue weighted by molar-refractivity contribution is 5.32. The van der Waals surface area contributed by atoms with Crippen molar-refractivity contribution >= 4 is 0 Å². The van der Waals surface area contributed by atoms with Crippen LogP contribution in [-0.2, 0) is 0 Å². The van der Waals surface area contributed by atoms with Gasteiger partial charge >= 0.3 is 0 Å². The molecular formula is C14H18N4. The predicted octanol–water partition coefficient (Wildman–Crippen LogP) is 2.31. The van der Waals surface area contributed by atoms with Crippen molar-refractivity contribution in [3.05, 3.63) is 42.2 Å². The van der Waals surface area contributed by atoms with Gasteiger partial charge in [0.15, 0.2) is 0 Å². The molecule has 2 aromatic rings. The molecule has 4 nitrogen and oxygen atoms in total. The summed E-state index contributed by atoms with van der Waals surface area (Å²) in [6.45, 7) is 4.52. The first-order valence-corrected chi connectivity index (χ1v) is 6.31. The molecule has 2 atom stereocenters. The molecule has 1 saturated carbocycles. The summed E-state index contributed by atoms with van der Waals surface area (Å²) >= 11 is 0. The smallest absolute Gasteiger partial charge is 0.0816 e. The molecule has 0 bridgehead atoms. The minimum atomic E-state index is 0.00945. The number of aromatic nitrogens is 3. The molecule has 4 heteroatoms. The van der Waals surface area contributed by atoms with E-state index in [2.05, 4.69) is 24.2 Å². The largest absolute Gasteiger partial charge is 0.322 e. The zero-order chi connectivity index (χ0) is 12.8. The third-order valence-corrected chi connectivity index (χ3v) is 3.94. The molecule has 1 aromatic carbocycles. The molecule has 2 unspecified atom stereocenters. The van der Waals surface area contributed by atoms with Crippen molar-refractivity contribution in [2.24, 2.45) is 17.1 Å². The Morgan fingerprint density at radius 1 is 1.33 bits per heavy atom. The highest BCUT2D eigenvalue weighted by Gasteiger charge is 2.50. The summed E-state index contributed by atoms with van der Waals surface area (Å²) in [6.07, 6.45) is 2.96. The van der Waals surface area contributed by atoms with Crippen molar-refractivity contribution < 1.29 is 0 Å². The van der Waals surface area contributed by atoms with E-state index in [9.17, 15) is 0 Å². The Kier molecular flexibility index (Phi) is 2.48. The standard InChI is InChI=1S/C14H18N4/c1-14(2)8-11(14)13(15)12-9-16-17-18(12)10-6-4-3-5-7-10/h3-7,9,11,13H,8,15H2,1-2H3. The van der Waals surface area contributed by atoms with E-state index in [0.717, 1.165) is 11.4 Å². The maximum atomic E-state index is 6.36. The lowest BCUT2D eigenvalue weighted by Crippen LogP contribution is -2.19. The van der Waals surface area contributed by atoms with Crippen LogP contribution in [0, 0.1) is 11.3 Å². The van der Waals surface area contributed by atoms with Crippen LogP contribution < -0.4 is 5.73 Å². The second-order valence-electron chi connectivity index (χ2n) is 5.73. The molecule has 0 aliphatic heterocycles. The highest BCUT2D eigenvalue weighted by atomic mass is 15.4. The number of hydrogen-bond donors (Lipinski definition) is 1. The Labute approximate surface area is 107 Å². The van der Waals surface area contributed by atoms with Crippen molar-refractivity contribution in [2.45, 2.75) is 26.3 Å². The molecule has 0 amide bonds. The zero-order valence-electron chi connectivity index (χ0n) is 10.7. The summed E-state index contributed by atoms with van der Waals surface area (Å²) < 4.78 is 1.85. The number of benzene rings is 1.